The monoisotopic (exact) mass is 235 g/mol. The van der Waals surface area contributed by atoms with Crippen molar-refractivity contribution >= 4 is 28.3 Å². The molecule has 1 aliphatic heterocycles. The Bertz CT molecular complexity index is 255. The Morgan fingerprint density at radius 3 is 3.14 bits per heavy atom. The van der Waals surface area contributed by atoms with E-state index in [0.29, 0.717) is 18.7 Å². The van der Waals surface area contributed by atoms with Crippen LogP contribution in [0.25, 0.3) is 0 Å². The summed E-state index contributed by atoms with van der Waals surface area (Å²) in [5.74, 6) is 0.456. The highest BCUT2D eigenvalue weighted by Gasteiger charge is 2.21. The second kappa shape index (κ2) is 6.19. The fourth-order valence-electron chi connectivity index (χ4n) is 1.43. The third kappa shape index (κ3) is 3.80. The first-order valence-electron chi connectivity index (χ1n) is 4.63. The molecule has 0 aromatic heterocycles. The summed E-state index contributed by atoms with van der Waals surface area (Å²) in [6.07, 6.45) is 3.80. The summed E-state index contributed by atoms with van der Waals surface area (Å²) in [5, 5.41) is 2.76. The van der Waals surface area contributed by atoms with E-state index in [0.717, 1.165) is 12.8 Å². The molecular formula is C9H14ClNO2S. The molecule has 1 saturated heterocycles. The maximum absolute atomic E-state index is 11.7. The second-order valence-corrected chi connectivity index (χ2v) is 5.24. The molecule has 14 heavy (non-hydrogen) atoms. The number of rotatable bonds is 3. The lowest BCUT2D eigenvalue weighted by molar-refractivity contribution is -0.120. The van der Waals surface area contributed by atoms with E-state index in [9.17, 15) is 9.00 Å². The van der Waals surface area contributed by atoms with Gasteiger partial charge in [0, 0.05) is 40.3 Å². The molecule has 1 amide bonds. The van der Waals surface area contributed by atoms with Gasteiger partial charge < -0.3 is 5.32 Å². The van der Waals surface area contributed by atoms with E-state index in [1.165, 1.54) is 5.54 Å². The molecule has 2 unspecified atom stereocenters. The first-order chi connectivity index (χ1) is 6.74. The molecular weight excluding hydrogens is 222 g/mol. The topological polar surface area (TPSA) is 46.2 Å². The Morgan fingerprint density at radius 1 is 1.64 bits per heavy atom. The van der Waals surface area contributed by atoms with Crippen LogP contribution in [0.5, 0.6) is 0 Å². The first-order valence-corrected chi connectivity index (χ1v) is 6.45. The van der Waals surface area contributed by atoms with Crippen LogP contribution in [-0.4, -0.2) is 27.7 Å². The number of amides is 1. The summed E-state index contributed by atoms with van der Waals surface area (Å²) in [6.45, 7) is 0.706. The zero-order chi connectivity index (χ0) is 10.4. The minimum atomic E-state index is -0.970. The van der Waals surface area contributed by atoms with Crippen molar-refractivity contribution < 1.29 is 9.00 Å². The van der Waals surface area contributed by atoms with Crippen LogP contribution in [0, 0.1) is 0 Å². The molecule has 0 aliphatic carbocycles. The van der Waals surface area contributed by atoms with Crippen LogP contribution >= 0.6 is 11.6 Å². The maximum atomic E-state index is 11.7. The molecule has 0 aromatic rings. The summed E-state index contributed by atoms with van der Waals surface area (Å²) in [5.41, 5.74) is 1.37. The number of nitrogens with one attached hydrogen (secondary N) is 1. The molecule has 1 aliphatic rings. The van der Waals surface area contributed by atoms with E-state index < -0.39 is 10.8 Å². The van der Waals surface area contributed by atoms with Gasteiger partial charge in [-0.2, -0.15) is 0 Å². The number of hydrogen-bond acceptors (Lipinski definition) is 2. The third-order valence-electron chi connectivity index (χ3n) is 2.16. The van der Waals surface area contributed by atoms with E-state index in [1.54, 1.807) is 6.08 Å². The molecule has 1 fully saturated rings. The number of carbonyl (C=O) groups is 1. The van der Waals surface area contributed by atoms with Crippen molar-refractivity contribution in [1.82, 2.24) is 5.32 Å². The van der Waals surface area contributed by atoms with Gasteiger partial charge in [0.2, 0.25) is 5.91 Å². The van der Waals surface area contributed by atoms with Crippen LogP contribution in [0.3, 0.4) is 0 Å². The highest BCUT2D eigenvalue weighted by molar-refractivity contribution is 7.85. The molecule has 0 radical (unpaired) electrons. The van der Waals surface area contributed by atoms with Gasteiger partial charge in [-0.3, -0.25) is 9.00 Å². The molecule has 0 saturated carbocycles. The average Bonchev–Trinajstić information content (AvgIpc) is 2.39. The van der Waals surface area contributed by atoms with Crippen LogP contribution in [0.4, 0.5) is 0 Å². The minimum absolute atomic E-state index is 0.00892. The summed E-state index contributed by atoms with van der Waals surface area (Å²) in [7, 11) is -0.970. The molecule has 1 N–H and O–H groups in total. The van der Waals surface area contributed by atoms with Gasteiger partial charge in [0.25, 0.3) is 0 Å². The molecule has 2 atom stereocenters. The average molecular weight is 236 g/mol. The van der Waals surface area contributed by atoms with Crippen molar-refractivity contribution in [1.29, 1.82) is 0 Å². The summed E-state index contributed by atoms with van der Waals surface area (Å²) < 4.78 is 11.7. The predicted octanol–water partition coefficient (Wildman–Crippen LogP) is 1.16. The van der Waals surface area contributed by atoms with E-state index in [-0.39, 0.29) is 11.2 Å². The molecule has 1 heterocycles. The van der Waals surface area contributed by atoms with Gasteiger partial charge in [0.05, 0.1) is 0 Å². The maximum Gasteiger partial charge on any atom is 0.221 e. The SMILES string of the molecule is O=C1CC(S(=O)C/C=C/Cl)CCCN1. The summed E-state index contributed by atoms with van der Waals surface area (Å²) >= 11 is 5.35. The fraction of sp³-hybridized carbons (Fsp3) is 0.667. The Kier molecular flexibility index (Phi) is 5.19. The van der Waals surface area contributed by atoms with Crippen molar-refractivity contribution in [2.75, 3.05) is 12.3 Å². The fourth-order valence-corrected chi connectivity index (χ4v) is 2.95. The Labute approximate surface area is 91.4 Å². The van der Waals surface area contributed by atoms with Crippen molar-refractivity contribution in [3.05, 3.63) is 11.6 Å². The van der Waals surface area contributed by atoms with Gasteiger partial charge in [-0.15, -0.1) is 0 Å². The molecule has 0 aromatic carbocycles. The van der Waals surface area contributed by atoms with E-state index >= 15 is 0 Å². The lowest BCUT2D eigenvalue weighted by Crippen LogP contribution is -2.25. The van der Waals surface area contributed by atoms with Gasteiger partial charge in [0.15, 0.2) is 0 Å². The smallest absolute Gasteiger partial charge is 0.221 e. The van der Waals surface area contributed by atoms with Gasteiger partial charge in [0.1, 0.15) is 0 Å². The van der Waals surface area contributed by atoms with Crippen molar-refractivity contribution in [3.8, 4) is 0 Å². The summed E-state index contributed by atoms with van der Waals surface area (Å²) in [6, 6.07) is 0. The van der Waals surface area contributed by atoms with Crippen molar-refractivity contribution in [2.24, 2.45) is 0 Å². The minimum Gasteiger partial charge on any atom is -0.356 e. The molecule has 80 valence electrons. The van der Waals surface area contributed by atoms with Gasteiger partial charge in [-0.05, 0) is 12.8 Å². The predicted molar refractivity (Wildman–Crippen MR) is 58.7 cm³/mol. The number of carbonyl (C=O) groups excluding carboxylic acids is 1. The van der Waals surface area contributed by atoms with E-state index in [2.05, 4.69) is 5.32 Å². The zero-order valence-corrected chi connectivity index (χ0v) is 9.44. The Balaban J connectivity index is 2.48. The quantitative estimate of drug-likeness (QED) is 0.798. The standard InChI is InChI=1S/C9H14ClNO2S/c10-4-2-6-14(13)8-3-1-5-11-9(12)7-8/h2,4,8H,1,3,5-7H2,(H,11,12)/b4-2+. The number of hydrogen-bond donors (Lipinski definition) is 1. The largest absolute Gasteiger partial charge is 0.356 e. The van der Waals surface area contributed by atoms with Crippen LogP contribution in [0.2, 0.25) is 0 Å². The lowest BCUT2D eigenvalue weighted by Gasteiger charge is -2.10. The van der Waals surface area contributed by atoms with E-state index in [1.807, 2.05) is 0 Å². The Morgan fingerprint density at radius 2 is 2.43 bits per heavy atom. The zero-order valence-electron chi connectivity index (χ0n) is 7.87. The van der Waals surface area contributed by atoms with Crippen LogP contribution in [0.1, 0.15) is 19.3 Å². The molecule has 5 heteroatoms. The highest BCUT2D eigenvalue weighted by atomic mass is 35.5. The van der Waals surface area contributed by atoms with E-state index in [4.69, 9.17) is 11.6 Å². The van der Waals surface area contributed by atoms with Crippen LogP contribution in [0.15, 0.2) is 11.6 Å². The summed E-state index contributed by atoms with van der Waals surface area (Å²) in [4.78, 5) is 11.2. The third-order valence-corrected chi connectivity index (χ3v) is 4.00. The highest BCUT2D eigenvalue weighted by Crippen LogP contribution is 2.13. The van der Waals surface area contributed by atoms with Crippen molar-refractivity contribution in [2.45, 2.75) is 24.5 Å². The van der Waals surface area contributed by atoms with Crippen molar-refractivity contribution in [3.63, 3.8) is 0 Å². The Hall–Kier alpha value is -0.350. The molecule has 0 bridgehead atoms. The van der Waals surface area contributed by atoms with Gasteiger partial charge >= 0.3 is 0 Å². The van der Waals surface area contributed by atoms with Crippen LogP contribution < -0.4 is 5.32 Å². The second-order valence-electron chi connectivity index (χ2n) is 3.23. The first kappa shape index (κ1) is 11.7. The normalized spacial score (nSPS) is 25.8. The molecule has 3 nitrogen and oxygen atoms in total. The molecule has 1 rings (SSSR count). The van der Waals surface area contributed by atoms with Crippen LogP contribution in [-0.2, 0) is 15.6 Å². The van der Waals surface area contributed by atoms with Gasteiger partial charge in [-0.1, -0.05) is 17.7 Å². The van der Waals surface area contributed by atoms with Gasteiger partial charge in [-0.25, -0.2) is 0 Å². The lowest BCUT2D eigenvalue weighted by atomic mass is 10.2. The molecule has 0 spiro atoms. The number of halogens is 1.